The van der Waals surface area contributed by atoms with E-state index in [9.17, 15) is 0 Å². The van der Waals surface area contributed by atoms with Gasteiger partial charge in [-0.2, -0.15) is 5.26 Å². The van der Waals surface area contributed by atoms with Crippen LogP contribution in [0.25, 0.3) is 0 Å². The standard InChI is InChI=1S/C13H17NO2/c1-15-13(16-2)10-12(8-9-14)11-6-4-3-5-7-11/h3-7,12-13H,8,10H2,1-2H3. The molecule has 0 aliphatic heterocycles. The summed E-state index contributed by atoms with van der Waals surface area (Å²) < 4.78 is 10.3. The summed E-state index contributed by atoms with van der Waals surface area (Å²) in [6.07, 6.45) is 0.927. The predicted molar refractivity (Wildman–Crippen MR) is 61.8 cm³/mol. The van der Waals surface area contributed by atoms with Gasteiger partial charge in [0.15, 0.2) is 6.29 Å². The first-order chi connectivity index (χ1) is 7.81. The van der Waals surface area contributed by atoms with E-state index in [4.69, 9.17) is 14.7 Å². The first-order valence-electron chi connectivity index (χ1n) is 5.29. The van der Waals surface area contributed by atoms with Crippen LogP contribution in [-0.2, 0) is 9.47 Å². The second-order valence-corrected chi connectivity index (χ2v) is 3.61. The maximum absolute atomic E-state index is 8.82. The lowest BCUT2D eigenvalue weighted by molar-refractivity contribution is -0.109. The first-order valence-corrected chi connectivity index (χ1v) is 5.29. The average Bonchev–Trinajstić information content (AvgIpc) is 2.35. The molecule has 0 spiro atoms. The fraction of sp³-hybridized carbons (Fsp3) is 0.462. The van der Waals surface area contributed by atoms with Crippen molar-refractivity contribution < 1.29 is 9.47 Å². The Bertz CT molecular complexity index is 328. The van der Waals surface area contributed by atoms with Gasteiger partial charge in [0.25, 0.3) is 0 Å². The summed E-state index contributed by atoms with van der Waals surface area (Å²) in [6.45, 7) is 0. The zero-order valence-corrected chi connectivity index (χ0v) is 9.72. The molecule has 3 nitrogen and oxygen atoms in total. The molecule has 1 unspecified atom stereocenters. The number of nitrogens with zero attached hydrogens (tertiary/aromatic N) is 1. The largest absolute Gasteiger partial charge is 0.356 e. The Labute approximate surface area is 96.6 Å². The Morgan fingerprint density at radius 2 is 1.81 bits per heavy atom. The van der Waals surface area contributed by atoms with Crippen LogP contribution in [0, 0.1) is 11.3 Å². The van der Waals surface area contributed by atoms with Crippen LogP contribution in [0.4, 0.5) is 0 Å². The summed E-state index contributed by atoms with van der Waals surface area (Å²) in [6, 6.07) is 12.2. The molecule has 0 aliphatic rings. The van der Waals surface area contributed by atoms with E-state index in [0.717, 1.165) is 5.56 Å². The van der Waals surface area contributed by atoms with Gasteiger partial charge < -0.3 is 9.47 Å². The van der Waals surface area contributed by atoms with Crippen LogP contribution in [0.2, 0.25) is 0 Å². The second-order valence-electron chi connectivity index (χ2n) is 3.61. The molecule has 0 aliphatic carbocycles. The van der Waals surface area contributed by atoms with Crippen molar-refractivity contribution in [2.24, 2.45) is 0 Å². The van der Waals surface area contributed by atoms with E-state index < -0.39 is 0 Å². The van der Waals surface area contributed by atoms with E-state index in [1.165, 1.54) is 0 Å². The van der Waals surface area contributed by atoms with E-state index >= 15 is 0 Å². The highest BCUT2D eigenvalue weighted by atomic mass is 16.7. The van der Waals surface area contributed by atoms with E-state index in [-0.39, 0.29) is 12.2 Å². The van der Waals surface area contributed by atoms with Crippen molar-refractivity contribution in [3.05, 3.63) is 35.9 Å². The topological polar surface area (TPSA) is 42.2 Å². The van der Waals surface area contributed by atoms with Crippen molar-refractivity contribution in [1.82, 2.24) is 0 Å². The number of nitriles is 1. The Hall–Kier alpha value is -1.37. The molecule has 0 heterocycles. The summed E-state index contributed by atoms with van der Waals surface area (Å²) in [5, 5.41) is 8.82. The number of hydrogen-bond donors (Lipinski definition) is 0. The number of rotatable bonds is 6. The van der Waals surface area contributed by atoms with Crippen LogP contribution in [0.5, 0.6) is 0 Å². The highest BCUT2D eigenvalue weighted by molar-refractivity contribution is 5.20. The molecule has 0 saturated heterocycles. The van der Waals surface area contributed by atoms with Gasteiger partial charge in [0.2, 0.25) is 0 Å². The molecule has 1 aromatic carbocycles. The maximum Gasteiger partial charge on any atom is 0.157 e. The lowest BCUT2D eigenvalue weighted by Gasteiger charge is -2.20. The predicted octanol–water partition coefficient (Wildman–Crippen LogP) is 2.69. The molecule has 3 heteroatoms. The van der Waals surface area contributed by atoms with Crippen LogP contribution in [0.3, 0.4) is 0 Å². The van der Waals surface area contributed by atoms with Gasteiger partial charge >= 0.3 is 0 Å². The maximum atomic E-state index is 8.82. The third-order valence-electron chi connectivity index (χ3n) is 2.61. The van der Waals surface area contributed by atoms with Gasteiger partial charge in [-0.1, -0.05) is 30.3 Å². The summed E-state index contributed by atoms with van der Waals surface area (Å²) >= 11 is 0. The van der Waals surface area contributed by atoms with Crippen molar-refractivity contribution in [3.8, 4) is 6.07 Å². The SMILES string of the molecule is COC(CC(CC#N)c1ccccc1)OC. The Kier molecular flexibility index (Phi) is 5.55. The summed E-state index contributed by atoms with van der Waals surface area (Å²) in [7, 11) is 3.23. The van der Waals surface area contributed by atoms with Crippen molar-refractivity contribution in [3.63, 3.8) is 0 Å². The van der Waals surface area contributed by atoms with Crippen LogP contribution in [0.15, 0.2) is 30.3 Å². The fourth-order valence-corrected chi connectivity index (χ4v) is 1.69. The molecule has 0 radical (unpaired) electrons. The van der Waals surface area contributed by atoms with Crippen LogP contribution < -0.4 is 0 Å². The number of ether oxygens (including phenoxy) is 2. The minimum absolute atomic E-state index is 0.163. The quantitative estimate of drug-likeness (QED) is 0.691. The van der Waals surface area contributed by atoms with Crippen molar-refractivity contribution in [2.75, 3.05) is 14.2 Å². The molecule has 0 bridgehead atoms. The number of hydrogen-bond acceptors (Lipinski definition) is 3. The molecule has 0 saturated carbocycles. The lowest BCUT2D eigenvalue weighted by atomic mass is 9.93. The smallest absolute Gasteiger partial charge is 0.157 e. The van der Waals surface area contributed by atoms with Gasteiger partial charge in [-0.3, -0.25) is 0 Å². The first kappa shape index (κ1) is 12.7. The zero-order chi connectivity index (χ0) is 11.8. The highest BCUT2D eigenvalue weighted by Crippen LogP contribution is 2.25. The highest BCUT2D eigenvalue weighted by Gasteiger charge is 2.17. The van der Waals surface area contributed by atoms with Crippen LogP contribution in [-0.4, -0.2) is 20.5 Å². The van der Waals surface area contributed by atoms with Gasteiger partial charge in [0.05, 0.1) is 6.07 Å². The number of methoxy groups -OCH3 is 2. The molecule has 0 fully saturated rings. The summed E-state index contributed by atoms with van der Waals surface area (Å²) in [5.74, 6) is 0.163. The summed E-state index contributed by atoms with van der Waals surface area (Å²) in [4.78, 5) is 0. The third-order valence-corrected chi connectivity index (χ3v) is 2.61. The van der Waals surface area contributed by atoms with Gasteiger partial charge in [-0.25, -0.2) is 0 Å². The minimum atomic E-state index is -0.251. The molecule has 0 N–H and O–H groups in total. The van der Waals surface area contributed by atoms with Crippen LogP contribution >= 0.6 is 0 Å². The lowest BCUT2D eigenvalue weighted by Crippen LogP contribution is -2.17. The molecule has 86 valence electrons. The molecule has 16 heavy (non-hydrogen) atoms. The molecule has 1 rings (SSSR count). The van der Waals surface area contributed by atoms with E-state index in [2.05, 4.69) is 6.07 Å². The number of benzene rings is 1. The van der Waals surface area contributed by atoms with Crippen molar-refractivity contribution >= 4 is 0 Å². The molecule has 0 amide bonds. The third kappa shape index (κ3) is 3.65. The monoisotopic (exact) mass is 219 g/mol. The zero-order valence-electron chi connectivity index (χ0n) is 9.72. The average molecular weight is 219 g/mol. The Balaban J connectivity index is 2.72. The second kappa shape index (κ2) is 7.00. The molecule has 0 aromatic heterocycles. The van der Waals surface area contributed by atoms with E-state index in [1.807, 2.05) is 30.3 Å². The van der Waals surface area contributed by atoms with Gasteiger partial charge in [0.1, 0.15) is 0 Å². The van der Waals surface area contributed by atoms with Crippen LogP contribution in [0.1, 0.15) is 24.3 Å². The molecule has 1 atom stereocenters. The summed E-state index contributed by atoms with van der Waals surface area (Å²) in [5.41, 5.74) is 1.16. The Morgan fingerprint density at radius 1 is 1.19 bits per heavy atom. The van der Waals surface area contributed by atoms with E-state index in [0.29, 0.717) is 12.8 Å². The van der Waals surface area contributed by atoms with Crippen molar-refractivity contribution in [1.29, 1.82) is 5.26 Å². The van der Waals surface area contributed by atoms with Gasteiger partial charge in [-0.05, 0) is 5.56 Å². The van der Waals surface area contributed by atoms with Gasteiger partial charge in [0, 0.05) is 33.0 Å². The fourth-order valence-electron chi connectivity index (χ4n) is 1.69. The molecular formula is C13H17NO2. The molecular weight excluding hydrogens is 202 g/mol. The van der Waals surface area contributed by atoms with E-state index in [1.54, 1.807) is 14.2 Å². The minimum Gasteiger partial charge on any atom is -0.356 e. The van der Waals surface area contributed by atoms with Crippen molar-refractivity contribution in [2.45, 2.75) is 25.0 Å². The Morgan fingerprint density at radius 3 is 2.31 bits per heavy atom. The molecule has 1 aromatic rings. The van der Waals surface area contributed by atoms with Gasteiger partial charge in [-0.15, -0.1) is 0 Å². The normalized spacial score (nSPS) is 12.4.